The van der Waals surface area contributed by atoms with Gasteiger partial charge in [0.05, 0.1) is 11.4 Å². The van der Waals surface area contributed by atoms with E-state index >= 15 is 0 Å². The van der Waals surface area contributed by atoms with Crippen LogP contribution in [0, 0.1) is 6.92 Å². The highest BCUT2D eigenvalue weighted by Crippen LogP contribution is 2.13. The van der Waals surface area contributed by atoms with Crippen LogP contribution in [0.4, 0.5) is 0 Å². The van der Waals surface area contributed by atoms with Gasteiger partial charge in [-0.25, -0.2) is 4.68 Å². The number of hydrogen-bond donors (Lipinski definition) is 1. The van der Waals surface area contributed by atoms with Gasteiger partial charge in [-0.05, 0) is 6.92 Å². The molecule has 0 aromatic carbocycles. The van der Waals surface area contributed by atoms with Crippen LogP contribution in [0.5, 0.6) is 5.88 Å². The first kappa shape index (κ1) is 10.7. The molecule has 0 aliphatic rings. The maximum Gasteiger partial charge on any atom is 0.212 e. The van der Waals surface area contributed by atoms with E-state index in [9.17, 15) is 0 Å². The van der Waals surface area contributed by atoms with Crippen LogP contribution in [0.2, 0.25) is 0 Å². The van der Waals surface area contributed by atoms with Crippen LogP contribution in [0.15, 0.2) is 16.7 Å². The van der Waals surface area contributed by atoms with E-state index in [2.05, 4.69) is 10.3 Å². The fourth-order valence-electron chi connectivity index (χ4n) is 1.39. The van der Waals surface area contributed by atoms with E-state index in [-0.39, 0.29) is 0 Å². The molecule has 0 atom stereocenters. The molecule has 6 nitrogen and oxygen atoms in total. The van der Waals surface area contributed by atoms with Crippen molar-refractivity contribution in [3.63, 3.8) is 0 Å². The molecule has 0 saturated heterocycles. The van der Waals surface area contributed by atoms with Gasteiger partial charge in [-0.15, -0.1) is 0 Å². The van der Waals surface area contributed by atoms with Crippen molar-refractivity contribution < 1.29 is 9.26 Å². The maximum atomic E-state index is 5.53. The average molecular weight is 222 g/mol. The third-order valence-electron chi connectivity index (χ3n) is 2.14. The molecule has 0 unspecified atom stereocenters. The zero-order valence-corrected chi connectivity index (χ0v) is 9.30. The lowest BCUT2D eigenvalue weighted by molar-refractivity contribution is 0.232. The molecule has 6 heteroatoms. The third-order valence-corrected chi connectivity index (χ3v) is 2.14. The van der Waals surface area contributed by atoms with Crippen molar-refractivity contribution in [3.05, 3.63) is 29.3 Å². The summed E-state index contributed by atoms with van der Waals surface area (Å²) in [4.78, 5) is 0. The SMILES string of the molecule is Cc1cc(OCc2cc(CN)no2)n(C)n1. The molecule has 2 heterocycles. The highest BCUT2D eigenvalue weighted by atomic mass is 16.5. The summed E-state index contributed by atoms with van der Waals surface area (Å²) in [7, 11) is 1.83. The second-order valence-corrected chi connectivity index (χ2v) is 3.52. The first-order valence-corrected chi connectivity index (χ1v) is 4.97. The van der Waals surface area contributed by atoms with E-state index in [1.54, 1.807) is 10.7 Å². The lowest BCUT2D eigenvalue weighted by Gasteiger charge is -2.02. The maximum absolute atomic E-state index is 5.53. The topological polar surface area (TPSA) is 79.1 Å². The van der Waals surface area contributed by atoms with Gasteiger partial charge in [-0.1, -0.05) is 5.16 Å². The van der Waals surface area contributed by atoms with Crippen molar-refractivity contribution in [2.45, 2.75) is 20.1 Å². The normalized spacial score (nSPS) is 10.7. The van der Waals surface area contributed by atoms with Crippen molar-refractivity contribution >= 4 is 0 Å². The fourth-order valence-corrected chi connectivity index (χ4v) is 1.39. The second-order valence-electron chi connectivity index (χ2n) is 3.52. The fraction of sp³-hybridized carbons (Fsp3) is 0.400. The predicted octanol–water partition coefficient (Wildman–Crippen LogP) is 0.754. The van der Waals surface area contributed by atoms with Gasteiger partial charge in [0.15, 0.2) is 12.4 Å². The minimum atomic E-state index is 0.325. The number of aromatic nitrogens is 3. The first-order chi connectivity index (χ1) is 7.69. The van der Waals surface area contributed by atoms with Crippen molar-refractivity contribution in [1.29, 1.82) is 0 Å². The minimum absolute atomic E-state index is 0.325. The van der Waals surface area contributed by atoms with Gasteiger partial charge in [0.25, 0.3) is 0 Å². The lowest BCUT2D eigenvalue weighted by Crippen LogP contribution is -2.00. The molecule has 2 rings (SSSR count). The summed E-state index contributed by atoms with van der Waals surface area (Å²) in [6.07, 6.45) is 0. The highest BCUT2D eigenvalue weighted by Gasteiger charge is 2.06. The number of nitrogens with two attached hydrogens (primary N) is 1. The molecular formula is C10H14N4O2. The second kappa shape index (κ2) is 4.36. The Kier molecular flexibility index (Phi) is 2.91. The summed E-state index contributed by atoms with van der Waals surface area (Å²) in [5.41, 5.74) is 7.06. The number of ether oxygens (including phenoxy) is 1. The number of nitrogens with zero attached hydrogens (tertiary/aromatic N) is 3. The van der Waals surface area contributed by atoms with Crippen molar-refractivity contribution in [3.8, 4) is 5.88 Å². The van der Waals surface area contributed by atoms with Crippen LogP contribution in [-0.4, -0.2) is 14.9 Å². The summed E-state index contributed by atoms with van der Waals surface area (Å²) in [5.74, 6) is 1.35. The highest BCUT2D eigenvalue weighted by molar-refractivity contribution is 5.15. The van der Waals surface area contributed by atoms with Crippen LogP contribution in [-0.2, 0) is 20.2 Å². The van der Waals surface area contributed by atoms with Gasteiger partial charge >= 0.3 is 0 Å². The molecule has 0 fully saturated rings. The Balaban J connectivity index is 1.99. The smallest absolute Gasteiger partial charge is 0.212 e. The number of rotatable bonds is 4. The van der Waals surface area contributed by atoms with Crippen molar-refractivity contribution in [1.82, 2.24) is 14.9 Å². The van der Waals surface area contributed by atoms with Crippen LogP contribution in [0.1, 0.15) is 17.1 Å². The predicted molar refractivity (Wildman–Crippen MR) is 56.7 cm³/mol. The third kappa shape index (κ3) is 2.22. The molecule has 86 valence electrons. The summed E-state index contributed by atoms with van der Waals surface area (Å²) in [6.45, 7) is 2.61. The van der Waals surface area contributed by atoms with Gasteiger partial charge < -0.3 is 15.0 Å². The van der Waals surface area contributed by atoms with Gasteiger partial charge in [0, 0.05) is 25.7 Å². The van der Waals surface area contributed by atoms with Crippen LogP contribution >= 0.6 is 0 Å². The Morgan fingerprint density at radius 1 is 1.50 bits per heavy atom. The molecule has 0 bridgehead atoms. The minimum Gasteiger partial charge on any atom is -0.470 e. The van der Waals surface area contributed by atoms with Crippen LogP contribution < -0.4 is 10.5 Å². The molecule has 0 spiro atoms. The molecule has 2 N–H and O–H groups in total. The molecule has 0 aliphatic carbocycles. The number of aryl methyl sites for hydroxylation is 2. The van der Waals surface area contributed by atoms with Crippen LogP contribution in [0.25, 0.3) is 0 Å². The average Bonchev–Trinajstić information content (AvgIpc) is 2.82. The quantitative estimate of drug-likeness (QED) is 0.825. The van der Waals surface area contributed by atoms with E-state index in [4.69, 9.17) is 15.0 Å². The van der Waals surface area contributed by atoms with Gasteiger partial charge in [0.2, 0.25) is 5.88 Å². The lowest BCUT2D eigenvalue weighted by atomic mass is 10.4. The summed E-state index contributed by atoms with van der Waals surface area (Å²) in [6, 6.07) is 3.64. The van der Waals surface area contributed by atoms with Gasteiger partial charge in [-0.2, -0.15) is 5.10 Å². The molecule has 0 aliphatic heterocycles. The molecule has 0 amide bonds. The monoisotopic (exact) mass is 222 g/mol. The molecule has 0 radical (unpaired) electrons. The Hall–Kier alpha value is -1.82. The van der Waals surface area contributed by atoms with Crippen molar-refractivity contribution in [2.24, 2.45) is 12.8 Å². The van der Waals surface area contributed by atoms with Crippen molar-refractivity contribution in [2.75, 3.05) is 0 Å². The summed E-state index contributed by atoms with van der Waals surface area (Å²) < 4.78 is 12.2. The van der Waals surface area contributed by atoms with Gasteiger partial charge in [-0.3, -0.25) is 0 Å². The molecular weight excluding hydrogens is 208 g/mol. The Labute approximate surface area is 93.0 Å². The van der Waals surface area contributed by atoms with E-state index in [1.807, 2.05) is 20.0 Å². The largest absolute Gasteiger partial charge is 0.470 e. The summed E-state index contributed by atoms with van der Waals surface area (Å²) >= 11 is 0. The standard InChI is InChI=1S/C10H14N4O2/c1-7-3-10(14(2)12-7)15-6-9-4-8(5-11)13-16-9/h3-4H,5-6,11H2,1-2H3. The molecule has 2 aromatic heterocycles. The Morgan fingerprint density at radius 3 is 2.88 bits per heavy atom. The van der Waals surface area contributed by atoms with Gasteiger partial charge in [0.1, 0.15) is 0 Å². The number of hydrogen-bond acceptors (Lipinski definition) is 5. The summed E-state index contributed by atoms with van der Waals surface area (Å²) in [5, 5.41) is 7.94. The zero-order valence-electron chi connectivity index (χ0n) is 9.30. The molecule has 2 aromatic rings. The van der Waals surface area contributed by atoms with E-state index < -0.39 is 0 Å². The zero-order chi connectivity index (χ0) is 11.5. The molecule has 16 heavy (non-hydrogen) atoms. The first-order valence-electron chi connectivity index (χ1n) is 4.97. The molecule has 0 saturated carbocycles. The van der Waals surface area contributed by atoms with E-state index in [0.717, 1.165) is 11.4 Å². The Morgan fingerprint density at radius 2 is 2.31 bits per heavy atom. The van der Waals surface area contributed by atoms with Crippen LogP contribution in [0.3, 0.4) is 0 Å². The van der Waals surface area contributed by atoms with E-state index in [0.29, 0.717) is 24.8 Å². The Bertz CT molecular complexity index is 475. The van der Waals surface area contributed by atoms with E-state index in [1.165, 1.54) is 0 Å².